The molecule has 2 aromatic carbocycles. The van der Waals surface area contributed by atoms with E-state index in [0.29, 0.717) is 21.9 Å². The van der Waals surface area contributed by atoms with Crippen molar-refractivity contribution in [2.24, 2.45) is 0 Å². The summed E-state index contributed by atoms with van der Waals surface area (Å²) in [5.74, 6) is 1.95. The van der Waals surface area contributed by atoms with Gasteiger partial charge in [-0.3, -0.25) is 0 Å². The van der Waals surface area contributed by atoms with E-state index >= 15 is 0 Å². The first-order chi connectivity index (χ1) is 11.2. The average molecular weight is 347 g/mol. The fourth-order valence-electron chi connectivity index (χ4n) is 2.16. The van der Waals surface area contributed by atoms with Crippen LogP contribution in [0.5, 0.6) is 5.75 Å². The monoisotopic (exact) mass is 346 g/mol. The van der Waals surface area contributed by atoms with Crippen molar-refractivity contribution in [2.45, 2.75) is 17.9 Å². The molecule has 0 saturated carbocycles. The third kappa shape index (κ3) is 3.86. The van der Waals surface area contributed by atoms with Gasteiger partial charge in [-0.15, -0.1) is 10.2 Å². The maximum atomic E-state index is 6.04. The Morgan fingerprint density at radius 1 is 1.17 bits per heavy atom. The molecule has 6 heteroatoms. The van der Waals surface area contributed by atoms with E-state index in [9.17, 15) is 0 Å². The van der Waals surface area contributed by atoms with Crippen molar-refractivity contribution in [2.75, 3.05) is 7.11 Å². The molecule has 23 heavy (non-hydrogen) atoms. The van der Waals surface area contributed by atoms with Crippen LogP contribution in [0.4, 0.5) is 0 Å². The molecule has 3 aromatic rings. The topological polar surface area (TPSA) is 48.2 Å². The average Bonchev–Trinajstić information content (AvgIpc) is 3.02. The highest BCUT2D eigenvalue weighted by Crippen LogP contribution is 2.30. The van der Waals surface area contributed by atoms with Gasteiger partial charge in [0.2, 0.25) is 5.89 Å². The molecular weight excluding hydrogens is 332 g/mol. The number of halogens is 1. The Morgan fingerprint density at radius 3 is 2.83 bits per heavy atom. The Bertz CT molecular complexity index is 820. The number of benzene rings is 2. The second kappa shape index (κ2) is 7.06. The zero-order valence-electron chi connectivity index (χ0n) is 12.7. The second-order valence-electron chi connectivity index (χ2n) is 4.99. The number of thioether (sulfide) groups is 1. The summed E-state index contributed by atoms with van der Waals surface area (Å²) in [5, 5.41) is 9.38. The van der Waals surface area contributed by atoms with Gasteiger partial charge in [0.25, 0.3) is 5.22 Å². The number of aromatic nitrogens is 2. The molecule has 1 aromatic heterocycles. The van der Waals surface area contributed by atoms with Crippen molar-refractivity contribution in [1.82, 2.24) is 10.2 Å². The number of aryl methyl sites for hydroxylation is 1. The number of nitrogens with zero attached hydrogens (tertiary/aromatic N) is 2. The highest BCUT2D eigenvalue weighted by atomic mass is 35.5. The Hall–Kier alpha value is -1.98. The van der Waals surface area contributed by atoms with Crippen LogP contribution in [0.15, 0.2) is 52.1 Å². The van der Waals surface area contributed by atoms with E-state index in [1.807, 2.05) is 43.3 Å². The van der Waals surface area contributed by atoms with Crippen LogP contribution in [0.25, 0.3) is 11.5 Å². The fourth-order valence-corrected chi connectivity index (χ4v) is 3.10. The lowest BCUT2D eigenvalue weighted by Gasteiger charge is -2.07. The molecule has 118 valence electrons. The van der Waals surface area contributed by atoms with Gasteiger partial charge in [-0.05, 0) is 37.3 Å². The minimum Gasteiger partial charge on any atom is -0.496 e. The van der Waals surface area contributed by atoms with Gasteiger partial charge in [-0.2, -0.15) is 0 Å². The largest absolute Gasteiger partial charge is 0.496 e. The summed E-state index contributed by atoms with van der Waals surface area (Å²) < 4.78 is 11.1. The van der Waals surface area contributed by atoms with Gasteiger partial charge >= 0.3 is 0 Å². The van der Waals surface area contributed by atoms with Gasteiger partial charge in [0.1, 0.15) is 5.75 Å². The van der Waals surface area contributed by atoms with Crippen molar-refractivity contribution in [1.29, 1.82) is 0 Å². The van der Waals surface area contributed by atoms with Gasteiger partial charge in [0.05, 0.1) is 7.11 Å². The predicted octanol–water partition coefficient (Wildman–Crippen LogP) is 5.00. The fraction of sp³-hybridized carbons (Fsp3) is 0.176. The highest BCUT2D eigenvalue weighted by molar-refractivity contribution is 7.98. The quantitative estimate of drug-likeness (QED) is 0.608. The van der Waals surface area contributed by atoms with Crippen LogP contribution in [-0.2, 0) is 5.75 Å². The minimum atomic E-state index is 0.517. The Balaban J connectivity index is 1.74. The lowest BCUT2D eigenvalue weighted by molar-refractivity contribution is 0.411. The molecule has 0 amide bonds. The Kier molecular flexibility index (Phi) is 4.88. The summed E-state index contributed by atoms with van der Waals surface area (Å²) in [5.41, 5.74) is 3.06. The number of hydrogen-bond acceptors (Lipinski definition) is 5. The molecule has 0 fully saturated rings. The van der Waals surface area contributed by atoms with Crippen LogP contribution in [-0.4, -0.2) is 17.3 Å². The summed E-state index contributed by atoms with van der Waals surface area (Å²) in [7, 11) is 1.64. The zero-order chi connectivity index (χ0) is 16.2. The van der Waals surface area contributed by atoms with Crippen LogP contribution in [0, 0.1) is 6.92 Å². The summed E-state index contributed by atoms with van der Waals surface area (Å²) >= 11 is 7.49. The van der Waals surface area contributed by atoms with E-state index in [-0.39, 0.29) is 0 Å². The number of hydrogen-bond donors (Lipinski definition) is 0. The number of ether oxygens (including phenoxy) is 1. The van der Waals surface area contributed by atoms with Crippen molar-refractivity contribution >= 4 is 23.4 Å². The first kappa shape index (κ1) is 15.9. The molecule has 4 nitrogen and oxygen atoms in total. The summed E-state index contributed by atoms with van der Waals surface area (Å²) in [4.78, 5) is 0. The molecule has 0 aliphatic rings. The van der Waals surface area contributed by atoms with E-state index in [0.717, 1.165) is 22.4 Å². The predicted molar refractivity (Wildman–Crippen MR) is 92.0 cm³/mol. The van der Waals surface area contributed by atoms with Crippen LogP contribution < -0.4 is 4.74 Å². The second-order valence-corrected chi connectivity index (χ2v) is 6.35. The molecule has 0 saturated heterocycles. The van der Waals surface area contributed by atoms with Gasteiger partial charge in [0.15, 0.2) is 0 Å². The maximum absolute atomic E-state index is 6.04. The molecular formula is C17H15ClN2O2S. The third-order valence-corrected chi connectivity index (χ3v) is 4.37. The van der Waals surface area contributed by atoms with Crippen LogP contribution in [0.1, 0.15) is 11.1 Å². The summed E-state index contributed by atoms with van der Waals surface area (Å²) in [6.07, 6.45) is 0. The molecule has 0 radical (unpaired) electrons. The standard InChI is InChI=1S/C17H15ClN2O2S/c1-11-4-3-5-12(8-11)16-19-20-17(22-16)23-10-13-9-14(18)6-7-15(13)21-2/h3-9H,10H2,1-2H3. The van der Waals surface area contributed by atoms with E-state index in [2.05, 4.69) is 10.2 Å². The highest BCUT2D eigenvalue weighted by Gasteiger charge is 2.11. The number of methoxy groups -OCH3 is 1. The molecule has 0 aliphatic heterocycles. The molecule has 0 spiro atoms. The van der Waals surface area contributed by atoms with E-state index in [1.54, 1.807) is 13.2 Å². The summed E-state index contributed by atoms with van der Waals surface area (Å²) in [6.45, 7) is 2.03. The van der Waals surface area contributed by atoms with Crippen molar-refractivity contribution in [3.63, 3.8) is 0 Å². The first-order valence-corrected chi connectivity index (χ1v) is 8.38. The molecule has 0 unspecified atom stereocenters. The lowest BCUT2D eigenvalue weighted by Crippen LogP contribution is -1.90. The van der Waals surface area contributed by atoms with Gasteiger partial charge in [-0.25, -0.2) is 0 Å². The zero-order valence-corrected chi connectivity index (χ0v) is 14.3. The van der Waals surface area contributed by atoms with E-state index in [1.165, 1.54) is 11.8 Å². The van der Waals surface area contributed by atoms with Crippen LogP contribution in [0.3, 0.4) is 0 Å². The van der Waals surface area contributed by atoms with Crippen molar-refractivity contribution < 1.29 is 9.15 Å². The Morgan fingerprint density at radius 2 is 2.04 bits per heavy atom. The molecule has 0 aliphatic carbocycles. The normalized spacial score (nSPS) is 10.7. The van der Waals surface area contributed by atoms with Gasteiger partial charge in [-0.1, -0.05) is 41.1 Å². The molecule has 0 N–H and O–H groups in total. The molecule has 1 heterocycles. The lowest BCUT2D eigenvalue weighted by atomic mass is 10.1. The summed E-state index contributed by atoms with van der Waals surface area (Å²) in [6, 6.07) is 13.5. The molecule has 0 atom stereocenters. The number of rotatable bonds is 5. The first-order valence-electron chi connectivity index (χ1n) is 7.01. The Labute approximate surface area is 143 Å². The molecule has 0 bridgehead atoms. The van der Waals surface area contributed by atoms with Gasteiger partial charge < -0.3 is 9.15 Å². The van der Waals surface area contributed by atoms with Crippen molar-refractivity contribution in [3.05, 3.63) is 58.6 Å². The van der Waals surface area contributed by atoms with E-state index in [4.69, 9.17) is 20.8 Å². The smallest absolute Gasteiger partial charge is 0.277 e. The van der Waals surface area contributed by atoms with Crippen LogP contribution >= 0.6 is 23.4 Å². The van der Waals surface area contributed by atoms with Crippen LogP contribution in [0.2, 0.25) is 5.02 Å². The minimum absolute atomic E-state index is 0.517. The maximum Gasteiger partial charge on any atom is 0.277 e. The third-order valence-electron chi connectivity index (χ3n) is 3.27. The van der Waals surface area contributed by atoms with Gasteiger partial charge in [0, 0.05) is 21.9 Å². The van der Waals surface area contributed by atoms with E-state index < -0.39 is 0 Å². The molecule has 3 rings (SSSR count). The van der Waals surface area contributed by atoms with Crippen molar-refractivity contribution in [3.8, 4) is 17.2 Å². The SMILES string of the molecule is COc1ccc(Cl)cc1CSc1nnc(-c2cccc(C)c2)o1.